The van der Waals surface area contributed by atoms with Crippen molar-refractivity contribution in [3.05, 3.63) is 72.1 Å². The summed E-state index contributed by atoms with van der Waals surface area (Å²) in [4.78, 5) is 6.93. The zero-order chi connectivity index (χ0) is 18.2. The van der Waals surface area contributed by atoms with Crippen LogP contribution >= 0.6 is 12.4 Å². The van der Waals surface area contributed by atoms with E-state index < -0.39 is 0 Å². The van der Waals surface area contributed by atoms with Crippen molar-refractivity contribution in [2.24, 2.45) is 5.73 Å². The second kappa shape index (κ2) is 10.7. The topological polar surface area (TPSA) is 64.5 Å². The van der Waals surface area contributed by atoms with Gasteiger partial charge in [0.2, 0.25) is 5.89 Å². The maximum absolute atomic E-state index is 5.78. The molecule has 0 radical (unpaired) electrons. The van der Waals surface area contributed by atoms with Crippen LogP contribution in [0.3, 0.4) is 0 Å². The van der Waals surface area contributed by atoms with Crippen LogP contribution in [0.4, 0.5) is 0 Å². The molecule has 27 heavy (non-hydrogen) atoms. The monoisotopic (exact) mass is 387 g/mol. The molecule has 1 aromatic heterocycles. The molecule has 0 aliphatic carbocycles. The van der Waals surface area contributed by atoms with Crippen molar-refractivity contribution in [1.29, 1.82) is 0 Å². The van der Waals surface area contributed by atoms with Crippen molar-refractivity contribution in [3.63, 3.8) is 0 Å². The number of nitrogens with two attached hydrogens (primary N) is 1. The molecule has 2 aromatic carbocycles. The fourth-order valence-corrected chi connectivity index (χ4v) is 2.86. The normalized spacial score (nSPS) is 10.6. The third-order valence-corrected chi connectivity index (χ3v) is 4.28. The predicted octanol–water partition coefficient (Wildman–Crippen LogP) is 3.78. The fourth-order valence-electron chi connectivity index (χ4n) is 2.86. The van der Waals surface area contributed by atoms with Gasteiger partial charge in [-0.3, -0.25) is 4.90 Å². The quantitative estimate of drug-likeness (QED) is 0.605. The lowest BCUT2D eigenvalue weighted by molar-refractivity contribution is 0.273. The average molecular weight is 388 g/mol. The van der Waals surface area contributed by atoms with Gasteiger partial charge >= 0.3 is 0 Å². The average Bonchev–Trinajstić information content (AvgIpc) is 3.16. The molecule has 144 valence electrons. The van der Waals surface area contributed by atoms with Crippen molar-refractivity contribution in [2.75, 3.05) is 26.7 Å². The third-order valence-electron chi connectivity index (χ3n) is 4.28. The first kappa shape index (κ1) is 21.0. The highest BCUT2D eigenvalue weighted by atomic mass is 35.5. The van der Waals surface area contributed by atoms with Crippen molar-refractivity contribution in [3.8, 4) is 17.2 Å². The zero-order valence-electron chi connectivity index (χ0n) is 15.5. The first-order valence-electron chi connectivity index (χ1n) is 8.83. The molecule has 0 saturated heterocycles. The van der Waals surface area contributed by atoms with Gasteiger partial charge in [0.1, 0.15) is 12.0 Å². The van der Waals surface area contributed by atoms with Gasteiger partial charge in [-0.2, -0.15) is 0 Å². The molecular formula is C21H26ClN3O2. The van der Waals surface area contributed by atoms with Gasteiger partial charge in [0.25, 0.3) is 0 Å². The molecule has 2 N–H and O–H groups in total. The van der Waals surface area contributed by atoms with E-state index in [1.165, 1.54) is 5.56 Å². The highest BCUT2D eigenvalue weighted by Gasteiger charge is 2.11. The standard InChI is InChI=1S/C21H25N3O2.ClH/c1-25-20-9-7-18(8-10-20)21-23-19(16-26-21)15-24(14-12-22)13-11-17-5-3-2-4-6-17;/h2-10,16H,11-15,22H2,1H3;1H. The van der Waals surface area contributed by atoms with Crippen molar-refractivity contribution in [1.82, 2.24) is 9.88 Å². The van der Waals surface area contributed by atoms with Crippen LogP contribution in [0.2, 0.25) is 0 Å². The van der Waals surface area contributed by atoms with E-state index in [0.717, 1.165) is 43.1 Å². The first-order chi connectivity index (χ1) is 12.8. The first-order valence-corrected chi connectivity index (χ1v) is 8.83. The highest BCUT2D eigenvalue weighted by Crippen LogP contribution is 2.22. The van der Waals surface area contributed by atoms with Crippen LogP contribution in [0.1, 0.15) is 11.3 Å². The molecular weight excluding hydrogens is 362 g/mol. The van der Waals surface area contributed by atoms with Gasteiger partial charge in [-0.05, 0) is 36.2 Å². The Labute approximate surface area is 166 Å². The molecule has 0 bridgehead atoms. The fraction of sp³-hybridized carbons (Fsp3) is 0.286. The summed E-state index contributed by atoms with van der Waals surface area (Å²) < 4.78 is 10.8. The molecule has 0 spiro atoms. The smallest absolute Gasteiger partial charge is 0.226 e. The van der Waals surface area contributed by atoms with Crippen molar-refractivity contribution < 1.29 is 9.15 Å². The number of halogens is 1. The maximum atomic E-state index is 5.78. The summed E-state index contributed by atoms with van der Waals surface area (Å²) in [6.45, 7) is 3.12. The summed E-state index contributed by atoms with van der Waals surface area (Å²) in [5, 5.41) is 0. The summed E-state index contributed by atoms with van der Waals surface area (Å²) in [5.41, 5.74) is 8.96. The SMILES string of the molecule is COc1ccc(-c2nc(CN(CCN)CCc3ccccc3)co2)cc1.Cl. The molecule has 0 unspecified atom stereocenters. The van der Waals surface area contributed by atoms with Crippen LogP contribution in [0, 0.1) is 0 Å². The van der Waals surface area contributed by atoms with Crippen LogP contribution in [0.25, 0.3) is 11.5 Å². The Balaban J connectivity index is 0.00000261. The second-order valence-electron chi connectivity index (χ2n) is 6.17. The molecule has 0 aliphatic heterocycles. The molecule has 0 aliphatic rings. The Morgan fingerprint density at radius 1 is 1.04 bits per heavy atom. The molecule has 5 nitrogen and oxygen atoms in total. The Morgan fingerprint density at radius 2 is 1.78 bits per heavy atom. The largest absolute Gasteiger partial charge is 0.497 e. The highest BCUT2D eigenvalue weighted by molar-refractivity contribution is 5.85. The van der Waals surface area contributed by atoms with Gasteiger partial charge in [0.15, 0.2) is 0 Å². The maximum Gasteiger partial charge on any atom is 0.226 e. The van der Waals surface area contributed by atoms with E-state index in [2.05, 4.69) is 34.1 Å². The van der Waals surface area contributed by atoms with Gasteiger partial charge in [-0.25, -0.2) is 4.98 Å². The molecule has 1 heterocycles. The number of hydrogen-bond donors (Lipinski definition) is 1. The van der Waals surface area contributed by atoms with Gasteiger partial charge in [0.05, 0.1) is 12.8 Å². The zero-order valence-corrected chi connectivity index (χ0v) is 16.3. The lowest BCUT2D eigenvalue weighted by Gasteiger charge is -2.20. The number of rotatable bonds is 9. The molecule has 6 heteroatoms. The summed E-state index contributed by atoms with van der Waals surface area (Å²) in [7, 11) is 1.65. The summed E-state index contributed by atoms with van der Waals surface area (Å²) in [6, 6.07) is 18.2. The van der Waals surface area contributed by atoms with Crippen molar-refractivity contribution >= 4 is 12.4 Å². The van der Waals surface area contributed by atoms with Gasteiger partial charge in [-0.15, -0.1) is 12.4 Å². The molecule has 0 atom stereocenters. The predicted molar refractivity (Wildman–Crippen MR) is 110 cm³/mol. The summed E-state index contributed by atoms with van der Waals surface area (Å²) in [5.74, 6) is 1.44. The van der Waals surface area contributed by atoms with E-state index >= 15 is 0 Å². The van der Waals surface area contributed by atoms with E-state index in [0.29, 0.717) is 12.4 Å². The minimum atomic E-state index is 0. The van der Waals surface area contributed by atoms with Crippen LogP contribution in [0.5, 0.6) is 5.75 Å². The Hall–Kier alpha value is -2.34. The van der Waals surface area contributed by atoms with E-state index in [9.17, 15) is 0 Å². The molecule has 3 aromatic rings. The lowest BCUT2D eigenvalue weighted by atomic mass is 10.1. The molecule has 3 rings (SSSR count). The molecule has 0 amide bonds. The minimum absolute atomic E-state index is 0. The minimum Gasteiger partial charge on any atom is -0.497 e. The number of nitrogens with zero attached hydrogens (tertiary/aromatic N) is 2. The number of aromatic nitrogens is 1. The summed E-state index contributed by atoms with van der Waals surface area (Å²) >= 11 is 0. The summed E-state index contributed by atoms with van der Waals surface area (Å²) in [6.07, 6.45) is 2.72. The van der Waals surface area contributed by atoms with Crippen LogP contribution < -0.4 is 10.5 Å². The molecule has 0 fully saturated rings. The Kier molecular flexibility index (Phi) is 8.33. The van der Waals surface area contributed by atoms with Gasteiger partial charge in [-0.1, -0.05) is 30.3 Å². The Morgan fingerprint density at radius 3 is 2.44 bits per heavy atom. The number of methoxy groups -OCH3 is 1. The van der Waals surface area contributed by atoms with Crippen LogP contribution in [-0.2, 0) is 13.0 Å². The third kappa shape index (κ3) is 6.10. The number of hydrogen-bond acceptors (Lipinski definition) is 5. The van der Waals surface area contributed by atoms with Crippen LogP contribution in [0.15, 0.2) is 65.3 Å². The van der Waals surface area contributed by atoms with Gasteiger partial charge in [0, 0.05) is 31.7 Å². The lowest BCUT2D eigenvalue weighted by Crippen LogP contribution is -2.31. The number of ether oxygens (including phenoxy) is 1. The van der Waals surface area contributed by atoms with E-state index in [-0.39, 0.29) is 12.4 Å². The Bertz CT molecular complexity index is 791. The molecule has 0 saturated carbocycles. The van der Waals surface area contributed by atoms with Crippen molar-refractivity contribution in [2.45, 2.75) is 13.0 Å². The second-order valence-corrected chi connectivity index (χ2v) is 6.17. The van der Waals surface area contributed by atoms with E-state index in [4.69, 9.17) is 14.9 Å². The van der Waals surface area contributed by atoms with Gasteiger partial charge < -0.3 is 14.9 Å². The number of oxazole rings is 1. The van der Waals surface area contributed by atoms with Crippen LogP contribution in [-0.4, -0.2) is 36.6 Å². The van der Waals surface area contributed by atoms with E-state index in [1.54, 1.807) is 13.4 Å². The number of benzene rings is 2. The van der Waals surface area contributed by atoms with E-state index in [1.807, 2.05) is 30.3 Å².